The van der Waals surface area contributed by atoms with E-state index in [0.717, 1.165) is 6.42 Å². The fourth-order valence-corrected chi connectivity index (χ4v) is 2.46. The first kappa shape index (κ1) is 13.6. The first-order valence-electron chi connectivity index (χ1n) is 6.61. The van der Waals surface area contributed by atoms with E-state index in [1.165, 1.54) is 16.5 Å². The number of nitrogens with one attached hydrogen (secondary N) is 1. The lowest BCUT2D eigenvalue weighted by atomic mass is 10.0. The maximum absolute atomic E-state index is 9.31. The number of rotatable bonds is 3. The summed E-state index contributed by atoms with van der Waals surface area (Å²) in [5, 5.41) is 13.9. The second-order valence-corrected chi connectivity index (χ2v) is 6.06. The van der Waals surface area contributed by atoms with Crippen molar-refractivity contribution in [3.05, 3.63) is 36.0 Å². The van der Waals surface area contributed by atoms with Crippen molar-refractivity contribution < 1.29 is 0 Å². The molecule has 19 heavy (non-hydrogen) atoms. The highest BCUT2D eigenvalue weighted by atomic mass is 15.0. The standard InChI is InChI=1S/C16H21N3/c1-16(2,3)18-13(10-17)9-12-11-19(4)15-8-6-5-7-14(12)15/h5-8,11,13,18H,9H2,1-4H3. The number of benzene rings is 1. The highest BCUT2D eigenvalue weighted by molar-refractivity contribution is 5.83. The average Bonchev–Trinajstić information content (AvgIpc) is 2.65. The van der Waals surface area contributed by atoms with Crippen molar-refractivity contribution in [3.63, 3.8) is 0 Å². The molecule has 1 aromatic heterocycles. The number of hydrogen-bond acceptors (Lipinski definition) is 2. The Balaban J connectivity index is 2.28. The average molecular weight is 255 g/mol. The second-order valence-electron chi connectivity index (χ2n) is 6.06. The lowest BCUT2D eigenvalue weighted by Crippen LogP contribution is -2.43. The summed E-state index contributed by atoms with van der Waals surface area (Å²) >= 11 is 0. The number of aromatic nitrogens is 1. The number of para-hydroxylation sites is 1. The molecule has 1 atom stereocenters. The van der Waals surface area contributed by atoms with Crippen LogP contribution in [-0.4, -0.2) is 16.1 Å². The van der Waals surface area contributed by atoms with Crippen LogP contribution < -0.4 is 5.32 Å². The fourth-order valence-electron chi connectivity index (χ4n) is 2.46. The van der Waals surface area contributed by atoms with Crippen molar-refractivity contribution in [3.8, 4) is 6.07 Å². The van der Waals surface area contributed by atoms with Crippen LogP contribution in [0.5, 0.6) is 0 Å². The number of aryl methyl sites for hydroxylation is 1. The minimum atomic E-state index is -0.161. The van der Waals surface area contributed by atoms with Crippen LogP contribution >= 0.6 is 0 Å². The summed E-state index contributed by atoms with van der Waals surface area (Å²) in [6, 6.07) is 10.5. The zero-order valence-corrected chi connectivity index (χ0v) is 12.1. The van der Waals surface area contributed by atoms with Crippen LogP contribution in [0.1, 0.15) is 26.3 Å². The summed E-state index contributed by atoms with van der Waals surface area (Å²) in [5.41, 5.74) is 2.39. The van der Waals surface area contributed by atoms with Crippen molar-refractivity contribution in [1.29, 1.82) is 5.26 Å². The molecule has 1 heterocycles. The summed E-state index contributed by atoms with van der Waals surface area (Å²) in [4.78, 5) is 0. The van der Waals surface area contributed by atoms with Gasteiger partial charge in [-0.1, -0.05) is 18.2 Å². The van der Waals surface area contributed by atoms with Gasteiger partial charge < -0.3 is 4.57 Å². The topological polar surface area (TPSA) is 40.8 Å². The minimum absolute atomic E-state index is 0.0506. The van der Waals surface area contributed by atoms with E-state index < -0.39 is 0 Å². The van der Waals surface area contributed by atoms with E-state index in [9.17, 15) is 5.26 Å². The SMILES string of the molecule is Cn1cc(CC(C#N)NC(C)(C)C)c2ccccc21. The summed E-state index contributed by atoms with van der Waals surface area (Å²) in [5.74, 6) is 0. The zero-order valence-electron chi connectivity index (χ0n) is 12.1. The van der Waals surface area contributed by atoms with E-state index in [-0.39, 0.29) is 11.6 Å². The Labute approximate surface area is 114 Å². The minimum Gasteiger partial charge on any atom is -0.350 e. The van der Waals surface area contributed by atoms with Gasteiger partial charge in [0.2, 0.25) is 0 Å². The van der Waals surface area contributed by atoms with E-state index in [1.54, 1.807) is 0 Å². The number of hydrogen-bond donors (Lipinski definition) is 1. The lowest BCUT2D eigenvalue weighted by molar-refractivity contribution is 0.394. The van der Waals surface area contributed by atoms with E-state index in [0.29, 0.717) is 0 Å². The molecule has 1 aromatic carbocycles. The summed E-state index contributed by atoms with van der Waals surface area (Å²) < 4.78 is 2.12. The maximum Gasteiger partial charge on any atom is 0.0998 e. The van der Waals surface area contributed by atoms with E-state index in [2.05, 4.69) is 55.1 Å². The Morgan fingerprint density at radius 1 is 1.32 bits per heavy atom. The third-order valence-corrected chi connectivity index (χ3v) is 3.17. The summed E-state index contributed by atoms with van der Waals surface area (Å²) in [6.07, 6.45) is 2.86. The first-order valence-corrected chi connectivity index (χ1v) is 6.61. The molecule has 0 bridgehead atoms. The van der Waals surface area contributed by atoms with Crippen LogP contribution in [0.25, 0.3) is 10.9 Å². The van der Waals surface area contributed by atoms with Crippen LogP contribution in [0, 0.1) is 11.3 Å². The van der Waals surface area contributed by atoms with E-state index >= 15 is 0 Å². The third-order valence-electron chi connectivity index (χ3n) is 3.17. The predicted octanol–water partition coefficient (Wildman–Crippen LogP) is 3.00. The number of nitriles is 1. The van der Waals surface area contributed by atoms with Crippen molar-refractivity contribution in [1.82, 2.24) is 9.88 Å². The zero-order chi connectivity index (χ0) is 14.0. The van der Waals surface area contributed by atoms with Crippen molar-refractivity contribution >= 4 is 10.9 Å². The van der Waals surface area contributed by atoms with E-state index in [4.69, 9.17) is 0 Å². The molecule has 2 rings (SSSR count). The van der Waals surface area contributed by atoms with Crippen LogP contribution in [0.15, 0.2) is 30.5 Å². The van der Waals surface area contributed by atoms with Gasteiger partial charge in [-0.25, -0.2) is 0 Å². The van der Waals surface area contributed by atoms with Crippen LogP contribution in [0.3, 0.4) is 0 Å². The summed E-state index contributed by atoms with van der Waals surface area (Å²) in [7, 11) is 2.05. The Hall–Kier alpha value is -1.79. The van der Waals surface area contributed by atoms with Crippen molar-refractivity contribution in [2.75, 3.05) is 0 Å². The normalized spacial score (nSPS) is 13.4. The van der Waals surface area contributed by atoms with Gasteiger partial charge in [-0.15, -0.1) is 0 Å². The largest absolute Gasteiger partial charge is 0.350 e. The summed E-state index contributed by atoms with van der Waals surface area (Å²) in [6.45, 7) is 6.25. The highest BCUT2D eigenvalue weighted by Crippen LogP contribution is 2.21. The van der Waals surface area contributed by atoms with Crippen LogP contribution in [0.2, 0.25) is 0 Å². The smallest absolute Gasteiger partial charge is 0.0998 e. The van der Waals surface area contributed by atoms with Crippen LogP contribution in [-0.2, 0) is 13.5 Å². The molecule has 0 radical (unpaired) electrons. The lowest BCUT2D eigenvalue weighted by Gasteiger charge is -2.24. The molecule has 3 nitrogen and oxygen atoms in total. The van der Waals surface area contributed by atoms with Crippen molar-refractivity contribution in [2.45, 2.75) is 38.8 Å². The Morgan fingerprint density at radius 2 is 2.00 bits per heavy atom. The number of fused-ring (bicyclic) bond motifs is 1. The Kier molecular flexibility index (Phi) is 3.64. The molecule has 0 saturated carbocycles. The molecule has 1 unspecified atom stereocenters. The molecule has 0 amide bonds. The van der Waals surface area contributed by atoms with Crippen molar-refractivity contribution in [2.24, 2.45) is 7.05 Å². The van der Waals surface area contributed by atoms with Crippen LogP contribution in [0.4, 0.5) is 0 Å². The fraction of sp³-hybridized carbons (Fsp3) is 0.438. The van der Waals surface area contributed by atoms with Gasteiger partial charge in [-0.2, -0.15) is 5.26 Å². The Morgan fingerprint density at radius 3 is 2.63 bits per heavy atom. The molecule has 0 aliphatic carbocycles. The molecule has 0 saturated heterocycles. The van der Waals surface area contributed by atoms with Gasteiger partial charge in [-0.3, -0.25) is 5.32 Å². The van der Waals surface area contributed by atoms with Gasteiger partial charge in [0.05, 0.1) is 12.1 Å². The third kappa shape index (κ3) is 3.15. The molecular formula is C16H21N3. The molecule has 0 spiro atoms. The monoisotopic (exact) mass is 255 g/mol. The molecule has 1 N–H and O–H groups in total. The maximum atomic E-state index is 9.31. The highest BCUT2D eigenvalue weighted by Gasteiger charge is 2.18. The van der Waals surface area contributed by atoms with Gasteiger partial charge in [0.25, 0.3) is 0 Å². The first-order chi connectivity index (χ1) is 8.90. The molecule has 0 aliphatic heterocycles. The number of nitrogens with zero attached hydrogens (tertiary/aromatic N) is 2. The molecule has 2 aromatic rings. The molecule has 0 aliphatic rings. The van der Waals surface area contributed by atoms with E-state index in [1.807, 2.05) is 19.2 Å². The molecular weight excluding hydrogens is 234 g/mol. The van der Waals surface area contributed by atoms with Gasteiger partial charge in [0, 0.05) is 36.1 Å². The quantitative estimate of drug-likeness (QED) is 0.916. The van der Waals surface area contributed by atoms with Gasteiger partial charge in [0.15, 0.2) is 0 Å². The molecule has 0 fully saturated rings. The van der Waals surface area contributed by atoms with Gasteiger partial charge >= 0.3 is 0 Å². The van der Waals surface area contributed by atoms with Gasteiger partial charge in [-0.05, 0) is 32.4 Å². The van der Waals surface area contributed by atoms with Gasteiger partial charge in [0.1, 0.15) is 0 Å². The molecule has 3 heteroatoms. The predicted molar refractivity (Wildman–Crippen MR) is 78.9 cm³/mol. The second kappa shape index (κ2) is 5.07. The molecule has 100 valence electrons. The Bertz CT molecular complexity index is 611.